The number of nitrogens with one attached hydrogen (secondary N) is 1. The van der Waals surface area contributed by atoms with Gasteiger partial charge in [0, 0.05) is 12.6 Å². The molecule has 0 bridgehead atoms. The van der Waals surface area contributed by atoms with Crippen molar-refractivity contribution in [3.05, 3.63) is 29.8 Å². The van der Waals surface area contributed by atoms with Crippen molar-refractivity contribution in [3.63, 3.8) is 0 Å². The van der Waals surface area contributed by atoms with E-state index in [4.69, 9.17) is 10.5 Å². The molecule has 0 amide bonds. The Hall–Kier alpha value is -1.15. The van der Waals surface area contributed by atoms with Gasteiger partial charge in [-0.05, 0) is 44.8 Å². The molecular formula is C14H25N3O3S. The number of methoxy groups -OCH3 is 1. The van der Waals surface area contributed by atoms with Gasteiger partial charge >= 0.3 is 0 Å². The fourth-order valence-electron chi connectivity index (χ4n) is 2.00. The van der Waals surface area contributed by atoms with E-state index < -0.39 is 10.0 Å². The maximum absolute atomic E-state index is 11.9. The van der Waals surface area contributed by atoms with Gasteiger partial charge in [0.2, 0.25) is 10.0 Å². The van der Waals surface area contributed by atoms with E-state index in [0.717, 1.165) is 11.3 Å². The molecule has 21 heavy (non-hydrogen) atoms. The van der Waals surface area contributed by atoms with Crippen LogP contribution in [0.15, 0.2) is 24.3 Å². The molecule has 6 nitrogen and oxygen atoms in total. The van der Waals surface area contributed by atoms with Crippen molar-refractivity contribution in [2.45, 2.75) is 12.5 Å². The molecule has 120 valence electrons. The largest absolute Gasteiger partial charge is 0.497 e. The van der Waals surface area contributed by atoms with E-state index in [1.54, 1.807) is 7.11 Å². The first kappa shape index (κ1) is 17.9. The quantitative estimate of drug-likeness (QED) is 0.696. The molecule has 1 atom stereocenters. The normalized spacial score (nSPS) is 13.4. The number of benzene rings is 1. The van der Waals surface area contributed by atoms with Crippen LogP contribution in [0.1, 0.15) is 18.0 Å². The number of sulfonamides is 1. The monoisotopic (exact) mass is 315 g/mol. The van der Waals surface area contributed by atoms with Gasteiger partial charge in [0.05, 0.1) is 12.9 Å². The lowest BCUT2D eigenvalue weighted by Crippen LogP contribution is -2.36. The third kappa shape index (κ3) is 6.01. The Morgan fingerprint density at radius 3 is 2.67 bits per heavy atom. The molecule has 7 heteroatoms. The van der Waals surface area contributed by atoms with Crippen molar-refractivity contribution in [3.8, 4) is 5.75 Å². The molecular weight excluding hydrogens is 290 g/mol. The minimum atomic E-state index is -3.28. The van der Waals surface area contributed by atoms with Crippen molar-refractivity contribution in [2.75, 3.05) is 40.0 Å². The fraction of sp³-hybridized carbons (Fsp3) is 0.571. The number of likely N-dealkylation sites (N-methyl/N-ethyl adjacent to an activating group) is 1. The summed E-state index contributed by atoms with van der Waals surface area (Å²) in [5.41, 5.74) is 6.35. The van der Waals surface area contributed by atoms with Crippen molar-refractivity contribution < 1.29 is 13.2 Å². The lowest BCUT2D eigenvalue weighted by Gasteiger charge is -2.25. The van der Waals surface area contributed by atoms with E-state index in [0.29, 0.717) is 19.5 Å². The van der Waals surface area contributed by atoms with Crippen LogP contribution in [0.2, 0.25) is 0 Å². The summed E-state index contributed by atoms with van der Waals surface area (Å²) in [6, 6.07) is 7.57. The Labute approximate surface area is 127 Å². The van der Waals surface area contributed by atoms with Gasteiger partial charge in [0.15, 0.2) is 0 Å². The third-order valence-electron chi connectivity index (χ3n) is 3.22. The molecule has 0 aromatic heterocycles. The van der Waals surface area contributed by atoms with Crippen LogP contribution in [0.25, 0.3) is 0 Å². The van der Waals surface area contributed by atoms with Gasteiger partial charge < -0.3 is 15.4 Å². The number of nitrogens with two attached hydrogens (primary N) is 1. The van der Waals surface area contributed by atoms with Gasteiger partial charge in [-0.2, -0.15) is 0 Å². The van der Waals surface area contributed by atoms with E-state index in [-0.39, 0.29) is 11.8 Å². The average molecular weight is 315 g/mol. The maximum atomic E-state index is 11.9. The van der Waals surface area contributed by atoms with Crippen LogP contribution >= 0.6 is 0 Å². The van der Waals surface area contributed by atoms with Crippen LogP contribution in [0.5, 0.6) is 5.75 Å². The average Bonchev–Trinajstić information content (AvgIpc) is 2.45. The summed E-state index contributed by atoms with van der Waals surface area (Å²) in [5.74, 6) is 0.812. The molecule has 1 rings (SSSR count). The highest BCUT2D eigenvalue weighted by atomic mass is 32.2. The van der Waals surface area contributed by atoms with Crippen LogP contribution in [-0.4, -0.2) is 53.4 Å². The zero-order valence-electron chi connectivity index (χ0n) is 12.9. The summed E-state index contributed by atoms with van der Waals surface area (Å²) >= 11 is 0. The molecule has 0 spiro atoms. The second kappa shape index (κ2) is 8.33. The van der Waals surface area contributed by atoms with Crippen LogP contribution in [0.3, 0.4) is 0 Å². The summed E-state index contributed by atoms with van der Waals surface area (Å²) in [4.78, 5) is 1.97. The van der Waals surface area contributed by atoms with Crippen LogP contribution in [0, 0.1) is 0 Å². The van der Waals surface area contributed by atoms with Crippen LogP contribution in [-0.2, 0) is 10.0 Å². The summed E-state index contributed by atoms with van der Waals surface area (Å²) in [7, 11) is 2.16. The minimum absolute atomic E-state index is 0.0573. The van der Waals surface area contributed by atoms with Crippen molar-refractivity contribution in [2.24, 2.45) is 5.73 Å². The number of rotatable bonds is 9. The van der Waals surface area contributed by atoms with E-state index in [1.807, 2.05) is 43.3 Å². The Morgan fingerprint density at radius 2 is 2.10 bits per heavy atom. The molecule has 0 saturated heterocycles. The summed E-state index contributed by atoms with van der Waals surface area (Å²) in [6.45, 7) is 0.682. The SMILES string of the molecule is COc1cccc(C(CNS(=O)(=O)CCCN)N(C)C)c1. The lowest BCUT2D eigenvalue weighted by atomic mass is 10.1. The van der Waals surface area contributed by atoms with Gasteiger partial charge in [-0.25, -0.2) is 13.1 Å². The van der Waals surface area contributed by atoms with E-state index in [9.17, 15) is 8.42 Å². The van der Waals surface area contributed by atoms with Crippen molar-refractivity contribution in [1.82, 2.24) is 9.62 Å². The Kier molecular flexibility index (Phi) is 7.10. The molecule has 0 saturated carbocycles. The molecule has 0 aliphatic heterocycles. The Morgan fingerprint density at radius 1 is 1.38 bits per heavy atom. The number of hydrogen-bond donors (Lipinski definition) is 2. The predicted octanol–water partition coefficient (Wildman–Crippen LogP) is 0.566. The standard InChI is InChI=1S/C14H25N3O3S/c1-17(2)14(11-16-21(18,19)9-5-8-15)12-6-4-7-13(10-12)20-3/h4,6-7,10,14,16H,5,8-9,11,15H2,1-3H3. The Balaban J connectivity index is 2.78. The van der Waals surface area contributed by atoms with E-state index in [1.165, 1.54) is 0 Å². The molecule has 0 radical (unpaired) electrons. The van der Waals surface area contributed by atoms with Gasteiger partial charge in [-0.1, -0.05) is 12.1 Å². The fourth-order valence-corrected chi connectivity index (χ4v) is 3.10. The van der Waals surface area contributed by atoms with Gasteiger partial charge in [0.25, 0.3) is 0 Å². The molecule has 1 aromatic rings. The molecule has 3 N–H and O–H groups in total. The first-order valence-corrected chi connectivity index (χ1v) is 8.52. The highest BCUT2D eigenvalue weighted by Gasteiger charge is 2.18. The number of nitrogens with zero attached hydrogens (tertiary/aromatic N) is 1. The highest BCUT2D eigenvalue weighted by Crippen LogP contribution is 2.22. The Bertz CT molecular complexity index is 532. The predicted molar refractivity (Wildman–Crippen MR) is 84.9 cm³/mol. The van der Waals surface area contributed by atoms with E-state index in [2.05, 4.69) is 4.72 Å². The topological polar surface area (TPSA) is 84.7 Å². The van der Waals surface area contributed by atoms with Gasteiger partial charge in [0.1, 0.15) is 5.75 Å². The number of ether oxygens (including phenoxy) is 1. The molecule has 0 aliphatic carbocycles. The molecule has 1 aromatic carbocycles. The molecule has 0 fully saturated rings. The molecule has 0 heterocycles. The summed E-state index contributed by atoms with van der Waals surface area (Å²) < 4.78 is 31.6. The summed E-state index contributed by atoms with van der Waals surface area (Å²) in [5, 5.41) is 0. The van der Waals surface area contributed by atoms with Crippen molar-refractivity contribution >= 4 is 10.0 Å². The number of hydrogen-bond acceptors (Lipinski definition) is 5. The van der Waals surface area contributed by atoms with E-state index >= 15 is 0 Å². The molecule has 0 aliphatic rings. The first-order chi connectivity index (χ1) is 9.89. The highest BCUT2D eigenvalue weighted by molar-refractivity contribution is 7.89. The minimum Gasteiger partial charge on any atom is -0.497 e. The summed E-state index contributed by atoms with van der Waals surface area (Å²) in [6.07, 6.45) is 0.459. The maximum Gasteiger partial charge on any atom is 0.211 e. The zero-order valence-corrected chi connectivity index (χ0v) is 13.7. The van der Waals surface area contributed by atoms with Crippen LogP contribution < -0.4 is 15.2 Å². The van der Waals surface area contributed by atoms with Crippen molar-refractivity contribution in [1.29, 1.82) is 0 Å². The second-order valence-electron chi connectivity index (χ2n) is 5.07. The van der Waals surface area contributed by atoms with Gasteiger partial charge in [-0.3, -0.25) is 0 Å². The second-order valence-corrected chi connectivity index (χ2v) is 6.99. The zero-order chi connectivity index (χ0) is 15.9. The smallest absolute Gasteiger partial charge is 0.211 e. The van der Waals surface area contributed by atoms with Crippen LogP contribution in [0.4, 0.5) is 0 Å². The molecule has 1 unspecified atom stereocenters. The lowest BCUT2D eigenvalue weighted by molar-refractivity contribution is 0.298. The van der Waals surface area contributed by atoms with Gasteiger partial charge in [-0.15, -0.1) is 0 Å². The third-order valence-corrected chi connectivity index (χ3v) is 4.65. The first-order valence-electron chi connectivity index (χ1n) is 6.87.